The summed E-state index contributed by atoms with van der Waals surface area (Å²) in [6, 6.07) is 12.7. The first-order valence-corrected chi connectivity index (χ1v) is 6.47. The zero-order chi connectivity index (χ0) is 12.3. The lowest BCUT2D eigenvalue weighted by Crippen LogP contribution is -1.88. The fourth-order valence-electron chi connectivity index (χ4n) is 1.46. The lowest BCUT2D eigenvalue weighted by molar-refractivity contribution is 0.475. The van der Waals surface area contributed by atoms with Crippen molar-refractivity contribution >= 4 is 29.1 Å². The summed E-state index contributed by atoms with van der Waals surface area (Å²) in [6.45, 7) is 0. The molecule has 2 aromatic rings. The van der Waals surface area contributed by atoms with Gasteiger partial charge in [0.15, 0.2) is 0 Å². The molecule has 0 unspecified atom stereocenters. The van der Waals surface area contributed by atoms with Crippen molar-refractivity contribution in [2.24, 2.45) is 0 Å². The van der Waals surface area contributed by atoms with Gasteiger partial charge in [-0.3, -0.25) is 0 Å². The Labute approximate surface area is 109 Å². The minimum absolute atomic E-state index is 0.284. The Morgan fingerprint density at radius 1 is 1.18 bits per heavy atom. The number of benzene rings is 2. The molecule has 0 spiro atoms. The predicted octanol–water partition coefficient (Wildman–Crippen LogP) is 3.92. The van der Waals surface area contributed by atoms with Crippen LogP contribution in [0.25, 0.3) is 0 Å². The second kappa shape index (κ2) is 5.34. The highest BCUT2D eigenvalue weighted by molar-refractivity contribution is 7.98. The van der Waals surface area contributed by atoms with Crippen LogP contribution < -0.4 is 5.73 Å². The third-order valence-corrected chi connectivity index (χ3v) is 3.67. The van der Waals surface area contributed by atoms with Crippen molar-refractivity contribution in [3.8, 4) is 5.75 Å². The van der Waals surface area contributed by atoms with Crippen molar-refractivity contribution in [3.63, 3.8) is 0 Å². The third-order valence-electron chi connectivity index (χ3n) is 2.28. The molecule has 2 rings (SSSR count). The van der Waals surface area contributed by atoms with E-state index in [-0.39, 0.29) is 5.75 Å². The average molecular weight is 266 g/mol. The molecular formula is C13H12ClNOS. The highest BCUT2D eigenvalue weighted by atomic mass is 35.5. The standard InChI is InChI=1S/C13H12ClNOS/c14-10-4-5-13(12(15)7-10)17-8-9-2-1-3-11(16)6-9/h1-7,16H,8,15H2. The van der Waals surface area contributed by atoms with E-state index in [9.17, 15) is 5.11 Å². The smallest absolute Gasteiger partial charge is 0.115 e. The minimum Gasteiger partial charge on any atom is -0.508 e. The second-order valence-electron chi connectivity index (χ2n) is 3.64. The Morgan fingerprint density at radius 3 is 2.71 bits per heavy atom. The summed E-state index contributed by atoms with van der Waals surface area (Å²) in [6.07, 6.45) is 0. The molecule has 0 bridgehead atoms. The van der Waals surface area contributed by atoms with Crippen molar-refractivity contribution in [2.75, 3.05) is 5.73 Å². The molecule has 0 amide bonds. The van der Waals surface area contributed by atoms with Crippen LogP contribution in [0.1, 0.15) is 5.56 Å². The number of hydrogen-bond donors (Lipinski definition) is 2. The van der Waals surface area contributed by atoms with E-state index in [0.29, 0.717) is 10.7 Å². The summed E-state index contributed by atoms with van der Waals surface area (Å²) < 4.78 is 0. The largest absolute Gasteiger partial charge is 0.508 e. The molecule has 4 heteroatoms. The first-order valence-electron chi connectivity index (χ1n) is 5.11. The first kappa shape index (κ1) is 12.1. The summed E-state index contributed by atoms with van der Waals surface area (Å²) in [7, 11) is 0. The van der Waals surface area contributed by atoms with Crippen molar-refractivity contribution in [1.82, 2.24) is 0 Å². The summed E-state index contributed by atoms with van der Waals surface area (Å²) in [5.74, 6) is 1.05. The van der Waals surface area contributed by atoms with Gasteiger partial charge in [-0.1, -0.05) is 23.7 Å². The Morgan fingerprint density at radius 2 is 2.00 bits per heavy atom. The lowest BCUT2D eigenvalue weighted by Gasteiger charge is -2.06. The highest BCUT2D eigenvalue weighted by Gasteiger charge is 2.02. The molecule has 0 radical (unpaired) electrons. The monoisotopic (exact) mass is 265 g/mol. The zero-order valence-electron chi connectivity index (χ0n) is 9.06. The normalized spacial score (nSPS) is 10.4. The number of aromatic hydroxyl groups is 1. The molecule has 0 aromatic heterocycles. The Balaban J connectivity index is 2.07. The summed E-state index contributed by atoms with van der Waals surface area (Å²) >= 11 is 7.46. The molecule has 0 aliphatic carbocycles. The van der Waals surface area contributed by atoms with Crippen LogP contribution in [-0.2, 0) is 5.75 Å². The van der Waals surface area contributed by atoms with Crippen molar-refractivity contribution in [2.45, 2.75) is 10.6 Å². The van der Waals surface area contributed by atoms with Gasteiger partial charge in [-0.15, -0.1) is 11.8 Å². The number of rotatable bonds is 3. The number of hydrogen-bond acceptors (Lipinski definition) is 3. The van der Waals surface area contributed by atoms with Gasteiger partial charge in [0.05, 0.1) is 0 Å². The van der Waals surface area contributed by atoms with Crippen LogP contribution in [0.2, 0.25) is 5.02 Å². The molecule has 0 heterocycles. The SMILES string of the molecule is Nc1cc(Cl)ccc1SCc1cccc(O)c1. The fraction of sp³-hybridized carbons (Fsp3) is 0.0769. The number of thioether (sulfide) groups is 1. The van der Waals surface area contributed by atoms with Gasteiger partial charge in [-0.25, -0.2) is 0 Å². The van der Waals surface area contributed by atoms with Crippen LogP contribution in [0.4, 0.5) is 5.69 Å². The van der Waals surface area contributed by atoms with Gasteiger partial charge in [0, 0.05) is 21.4 Å². The van der Waals surface area contributed by atoms with Crippen LogP contribution in [-0.4, -0.2) is 5.11 Å². The van der Waals surface area contributed by atoms with Crippen LogP contribution in [0.3, 0.4) is 0 Å². The molecule has 0 fully saturated rings. The molecule has 0 saturated heterocycles. The molecule has 88 valence electrons. The number of nitrogens with two attached hydrogens (primary N) is 1. The van der Waals surface area contributed by atoms with Crippen LogP contribution in [0, 0.1) is 0 Å². The van der Waals surface area contributed by atoms with E-state index >= 15 is 0 Å². The molecule has 0 saturated carbocycles. The molecule has 3 N–H and O–H groups in total. The average Bonchev–Trinajstić information content (AvgIpc) is 2.28. The molecule has 0 atom stereocenters. The number of phenols is 1. The summed E-state index contributed by atoms with van der Waals surface area (Å²) in [5, 5.41) is 9.99. The van der Waals surface area contributed by atoms with E-state index in [1.165, 1.54) is 0 Å². The van der Waals surface area contributed by atoms with Gasteiger partial charge >= 0.3 is 0 Å². The lowest BCUT2D eigenvalue weighted by atomic mass is 10.2. The van der Waals surface area contributed by atoms with E-state index in [4.69, 9.17) is 17.3 Å². The number of halogens is 1. The summed E-state index contributed by atoms with van der Waals surface area (Å²) in [4.78, 5) is 0.998. The van der Waals surface area contributed by atoms with E-state index in [0.717, 1.165) is 16.2 Å². The second-order valence-corrected chi connectivity index (χ2v) is 5.09. The number of anilines is 1. The molecule has 0 aliphatic heterocycles. The maximum absolute atomic E-state index is 9.35. The van der Waals surface area contributed by atoms with Gasteiger partial charge in [0.1, 0.15) is 5.75 Å². The van der Waals surface area contributed by atoms with E-state index in [2.05, 4.69) is 0 Å². The third kappa shape index (κ3) is 3.32. The predicted molar refractivity (Wildman–Crippen MR) is 73.5 cm³/mol. The van der Waals surface area contributed by atoms with Gasteiger partial charge < -0.3 is 10.8 Å². The molecular weight excluding hydrogens is 254 g/mol. The molecule has 2 aromatic carbocycles. The zero-order valence-corrected chi connectivity index (χ0v) is 10.6. The molecule has 2 nitrogen and oxygen atoms in total. The number of nitrogen functional groups attached to an aromatic ring is 1. The molecule has 17 heavy (non-hydrogen) atoms. The van der Waals surface area contributed by atoms with Crippen LogP contribution in [0.5, 0.6) is 5.75 Å². The van der Waals surface area contributed by atoms with Crippen molar-refractivity contribution in [1.29, 1.82) is 0 Å². The van der Waals surface area contributed by atoms with E-state index in [1.54, 1.807) is 30.0 Å². The topological polar surface area (TPSA) is 46.2 Å². The van der Waals surface area contributed by atoms with Crippen LogP contribution >= 0.6 is 23.4 Å². The van der Waals surface area contributed by atoms with E-state index < -0.39 is 0 Å². The maximum atomic E-state index is 9.35. The quantitative estimate of drug-likeness (QED) is 0.653. The Hall–Kier alpha value is -1.32. The van der Waals surface area contributed by atoms with Gasteiger partial charge in [-0.2, -0.15) is 0 Å². The Bertz CT molecular complexity index is 531. The first-order chi connectivity index (χ1) is 8.15. The number of phenolic OH excluding ortho intramolecular Hbond substituents is 1. The maximum Gasteiger partial charge on any atom is 0.115 e. The van der Waals surface area contributed by atoms with Crippen LogP contribution in [0.15, 0.2) is 47.4 Å². The van der Waals surface area contributed by atoms with E-state index in [1.807, 2.05) is 24.3 Å². The Kier molecular flexibility index (Phi) is 3.82. The highest BCUT2D eigenvalue weighted by Crippen LogP contribution is 2.30. The van der Waals surface area contributed by atoms with Gasteiger partial charge in [0.2, 0.25) is 0 Å². The van der Waals surface area contributed by atoms with Crippen molar-refractivity contribution < 1.29 is 5.11 Å². The molecule has 0 aliphatic rings. The van der Waals surface area contributed by atoms with Crippen molar-refractivity contribution in [3.05, 3.63) is 53.1 Å². The summed E-state index contributed by atoms with van der Waals surface area (Å²) in [5.41, 5.74) is 7.60. The fourth-order valence-corrected chi connectivity index (χ4v) is 2.53. The minimum atomic E-state index is 0.284. The van der Waals surface area contributed by atoms with Gasteiger partial charge in [-0.05, 0) is 35.9 Å². The van der Waals surface area contributed by atoms with Gasteiger partial charge in [0.25, 0.3) is 0 Å².